The Kier molecular flexibility index (Phi) is 3.05. The zero-order valence-corrected chi connectivity index (χ0v) is 8.66. The molecule has 0 spiro atoms. The summed E-state index contributed by atoms with van der Waals surface area (Å²) in [5, 5.41) is 14.9. The Balaban J connectivity index is 2.08. The van der Waals surface area contributed by atoms with Crippen molar-refractivity contribution in [2.75, 3.05) is 13.1 Å². The Labute approximate surface area is 92.5 Å². The maximum atomic E-state index is 13.3. The highest BCUT2D eigenvalue weighted by atomic mass is 19.1. The van der Waals surface area contributed by atoms with E-state index in [2.05, 4.69) is 10.6 Å². The van der Waals surface area contributed by atoms with Crippen LogP contribution in [0.2, 0.25) is 0 Å². The van der Waals surface area contributed by atoms with E-state index in [1.807, 2.05) is 0 Å². The third kappa shape index (κ3) is 2.30. The normalized spacial score (nSPS) is 19.7. The van der Waals surface area contributed by atoms with Gasteiger partial charge in [0.2, 0.25) is 0 Å². The van der Waals surface area contributed by atoms with Crippen LogP contribution in [-0.4, -0.2) is 30.1 Å². The molecule has 3 N–H and O–H groups in total. The fourth-order valence-electron chi connectivity index (χ4n) is 1.73. The number of hydrogen-bond acceptors (Lipinski definition) is 3. The Hall–Kier alpha value is -1.62. The molecule has 1 fully saturated rings. The van der Waals surface area contributed by atoms with Crippen molar-refractivity contribution in [3.63, 3.8) is 0 Å². The van der Waals surface area contributed by atoms with E-state index in [1.54, 1.807) is 0 Å². The first-order chi connectivity index (χ1) is 7.66. The van der Waals surface area contributed by atoms with Crippen molar-refractivity contribution in [3.8, 4) is 5.75 Å². The molecule has 0 bridgehead atoms. The molecule has 86 valence electrons. The van der Waals surface area contributed by atoms with E-state index in [1.165, 1.54) is 12.1 Å². The smallest absolute Gasteiger partial charge is 0.254 e. The van der Waals surface area contributed by atoms with Crippen molar-refractivity contribution in [1.82, 2.24) is 10.6 Å². The van der Waals surface area contributed by atoms with Gasteiger partial charge in [-0.25, -0.2) is 4.39 Å². The van der Waals surface area contributed by atoms with Crippen LogP contribution in [0.5, 0.6) is 5.75 Å². The second-order valence-electron chi connectivity index (χ2n) is 3.83. The molecule has 1 aliphatic rings. The van der Waals surface area contributed by atoms with Crippen molar-refractivity contribution in [1.29, 1.82) is 0 Å². The van der Waals surface area contributed by atoms with Crippen molar-refractivity contribution in [2.24, 2.45) is 0 Å². The SMILES string of the molecule is O=C(N[C@H]1CCNC1)c1ccc(O)cc1F. The van der Waals surface area contributed by atoms with E-state index in [9.17, 15) is 9.18 Å². The lowest BCUT2D eigenvalue weighted by molar-refractivity contribution is 0.0936. The number of halogens is 1. The van der Waals surface area contributed by atoms with Gasteiger partial charge in [-0.2, -0.15) is 0 Å². The summed E-state index contributed by atoms with van der Waals surface area (Å²) in [5.74, 6) is -1.33. The molecule has 0 aromatic heterocycles. The Morgan fingerprint density at radius 3 is 3.00 bits per heavy atom. The van der Waals surface area contributed by atoms with Crippen molar-refractivity contribution in [3.05, 3.63) is 29.6 Å². The average molecular weight is 224 g/mol. The average Bonchev–Trinajstić information content (AvgIpc) is 2.70. The predicted molar refractivity (Wildman–Crippen MR) is 56.8 cm³/mol. The molecule has 1 aromatic rings. The molecular formula is C11H13FN2O2. The molecule has 16 heavy (non-hydrogen) atoms. The zero-order valence-electron chi connectivity index (χ0n) is 8.66. The number of aromatic hydroxyl groups is 1. The second-order valence-corrected chi connectivity index (χ2v) is 3.83. The van der Waals surface area contributed by atoms with E-state index >= 15 is 0 Å². The number of rotatable bonds is 2. The minimum Gasteiger partial charge on any atom is -0.508 e. The van der Waals surface area contributed by atoms with Gasteiger partial charge in [-0.3, -0.25) is 4.79 Å². The van der Waals surface area contributed by atoms with Crippen LogP contribution in [0.3, 0.4) is 0 Å². The number of phenols is 1. The lowest BCUT2D eigenvalue weighted by atomic mass is 10.1. The fraction of sp³-hybridized carbons (Fsp3) is 0.364. The maximum absolute atomic E-state index is 13.3. The maximum Gasteiger partial charge on any atom is 0.254 e. The number of carbonyl (C=O) groups is 1. The molecule has 2 rings (SSSR count). The predicted octanol–water partition coefficient (Wildman–Crippen LogP) is 0.623. The third-order valence-corrected chi connectivity index (χ3v) is 2.59. The first kappa shape index (κ1) is 10.9. The summed E-state index contributed by atoms with van der Waals surface area (Å²) in [4.78, 5) is 11.7. The first-order valence-corrected chi connectivity index (χ1v) is 5.17. The highest BCUT2D eigenvalue weighted by molar-refractivity contribution is 5.94. The molecule has 5 heteroatoms. The van der Waals surface area contributed by atoms with E-state index in [0.717, 1.165) is 19.0 Å². The molecule has 1 heterocycles. The lowest BCUT2D eigenvalue weighted by Gasteiger charge is -2.11. The van der Waals surface area contributed by atoms with Crippen molar-refractivity contribution < 1.29 is 14.3 Å². The number of amides is 1. The number of hydrogen-bond donors (Lipinski definition) is 3. The van der Waals surface area contributed by atoms with Gasteiger partial charge in [0.15, 0.2) is 0 Å². The van der Waals surface area contributed by atoms with Gasteiger partial charge in [0.05, 0.1) is 5.56 Å². The first-order valence-electron chi connectivity index (χ1n) is 5.17. The number of benzene rings is 1. The zero-order chi connectivity index (χ0) is 11.5. The monoisotopic (exact) mass is 224 g/mol. The molecule has 1 saturated heterocycles. The summed E-state index contributed by atoms with van der Waals surface area (Å²) in [6, 6.07) is 3.57. The van der Waals surface area contributed by atoms with Gasteiger partial charge in [0.1, 0.15) is 11.6 Å². The van der Waals surface area contributed by atoms with Crippen LogP contribution < -0.4 is 10.6 Å². The molecule has 1 aromatic carbocycles. The van der Waals surface area contributed by atoms with E-state index in [0.29, 0.717) is 6.54 Å². The quantitative estimate of drug-likeness (QED) is 0.690. The van der Waals surface area contributed by atoms with Gasteiger partial charge < -0.3 is 15.7 Å². The van der Waals surface area contributed by atoms with Gasteiger partial charge in [-0.1, -0.05) is 0 Å². The summed E-state index contributed by atoms with van der Waals surface area (Å²) in [6.45, 7) is 1.58. The highest BCUT2D eigenvalue weighted by Crippen LogP contribution is 2.15. The molecule has 1 atom stereocenters. The van der Waals surface area contributed by atoms with Gasteiger partial charge in [-0.05, 0) is 25.1 Å². The number of carbonyl (C=O) groups excluding carboxylic acids is 1. The molecular weight excluding hydrogens is 211 g/mol. The largest absolute Gasteiger partial charge is 0.508 e. The minimum absolute atomic E-state index is 0.0373. The van der Waals surface area contributed by atoms with E-state index < -0.39 is 11.7 Å². The Bertz CT molecular complexity index is 403. The summed E-state index contributed by atoms with van der Waals surface area (Å²) in [7, 11) is 0. The third-order valence-electron chi connectivity index (χ3n) is 2.59. The molecule has 0 aliphatic carbocycles. The van der Waals surface area contributed by atoms with Gasteiger partial charge in [-0.15, -0.1) is 0 Å². The lowest BCUT2D eigenvalue weighted by Crippen LogP contribution is -2.36. The van der Waals surface area contributed by atoms with Crippen LogP contribution >= 0.6 is 0 Å². The van der Waals surface area contributed by atoms with Crippen molar-refractivity contribution >= 4 is 5.91 Å². The standard InChI is InChI=1S/C11H13FN2O2/c12-10-5-8(15)1-2-9(10)11(16)14-7-3-4-13-6-7/h1-2,5,7,13,15H,3-4,6H2,(H,14,16)/t7-/m0/s1. The van der Waals surface area contributed by atoms with Crippen LogP contribution in [-0.2, 0) is 0 Å². The summed E-state index contributed by atoms with van der Waals surface area (Å²) < 4.78 is 13.3. The van der Waals surface area contributed by atoms with Crippen molar-refractivity contribution in [2.45, 2.75) is 12.5 Å². The highest BCUT2D eigenvalue weighted by Gasteiger charge is 2.19. The van der Waals surface area contributed by atoms with Crippen LogP contribution in [0, 0.1) is 5.82 Å². The van der Waals surface area contributed by atoms with Gasteiger partial charge in [0.25, 0.3) is 5.91 Å². The second kappa shape index (κ2) is 4.49. The molecule has 0 saturated carbocycles. The van der Waals surface area contributed by atoms with Crippen LogP contribution in [0.1, 0.15) is 16.8 Å². The molecule has 1 aliphatic heterocycles. The number of phenolic OH excluding ortho intramolecular Hbond substituents is 1. The van der Waals surface area contributed by atoms with Gasteiger partial charge in [0, 0.05) is 18.7 Å². The molecule has 1 amide bonds. The van der Waals surface area contributed by atoms with E-state index in [4.69, 9.17) is 5.11 Å². The fourth-order valence-corrected chi connectivity index (χ4v) is 1.73. The van der Waals surface area contributed by atoms with Crippen LogP contribution in [0.4, 0.5) is 4.39 Å². The summed E-state index contributed by atoms with van der Waals surface area (Å²) >= 11 is 0. The topological polar surface area (TPSA) is 61.4 Å². The van der Waals surface area contributed by atoms with Crippen LogP contribution in [0.15, 0.2) is 18.2 Å². The summed E-state index contributed by atoms with van der Waals surface area (Å²) in [6.07, 6.45) is 0.853. The Morgan fingerprint density at radius 1 is 1.56 bits per heavy atom. The van der Waals surface area contributed by atoms with Gasteiger partial charge >= 0.3 is 0 Å². The van der Waals surface area contributed by atoms with E-state index in [-0.39, 0.29) is 17.4 Å². The molecule has 4 nitrogen and oxygen atoms in total. The number of nitrogens with one attached hydrogen (secondary N) is 2. The van der Waals surface area contributed by atoms with Crippen LogP contribution in [0.25, 0.3) is 0 Å². The molecule has 0 radical (unpaired) electrons. The summed E-state index contributed by atoms with van der Waals surface area (Å²) in [5.41, 5.74) is -0.0373. The minimum atomic E-state index is -0.705. The Morgan fingerprint density at radius 2 is 2.38 bits per heavy atom. The molecule has 0 unspecified atom stereocenters.